The highest BCUT2D eigenvalue weighted by atomic mass is 19.1. The number of pyridine rings is 1. The molecular weight excluding hydrogens is 265 g/mol. The zero-order valence-corrected chi connectivity index (χ0v) is 10.7. The molecule has 0 atom stereocenters. The van der Waals surface area contributed by atoms with Crippen molar-refractivity contribution in [2.75, 3.05) is 13.1 Å². The van der Waals surface area contributed by atoms with Gasteiger partial charge in [-0.15, -0.1) is 10.2 Å². The molecule has 1 fully saturated rings. The predicted molar refractivity (Wildman–Crippen MR) is 66.2 cm³/mol. The number of carbonyl (C=O) groups is 1. The number of likely N-dealkylation sites (tertiary alicyclic amines) is 1. The number of ether oxygens (including phenoxy) is 1. The number of aryl methyl sites for hydroxylation is 1. The van der Waals surface area contributed by atoms with Crippen LogP contribution in [0, 0.1) is 5.82 Å². The minimum Gasteiger partial charge on any atom is -0.483 e. The number of carbonyl (C=O) groups excluding carboxylic acids is 1. The van der Waals surface area contributed by atoms with Gasteiger partial charge in [-0.1, -0.05) is 0 Å². The molecule has 0 saturated carbocycles. The Morgan fingerprint density at radius 1 is 1.50 bits per heavy atom. The summed E-state index contributed by atoms with van der Waals surface area (Å²) in [5.74, 6) is 0.0898. The van der Waals surface area contributed by atoms with Gasteiger partial charge in [-0.3, -0.25) is 4.79 Å². The maximum Gasteiger partial charge on any atom is 0.209 e. The molecule has 7 nitrogen and oxygen atoms in total. The molecular formula is C12H12FN5O2. The molecule has 0 spiro atoms. The molecule has 3 heterocycles. The topological polar surface area (TPSA) is 73.1 Å². The van der Waals surface area contributed by atoms with Gasteiger partial charge >= 0.3 is 0 Å². The molecule has 0 bridgehead atoms. The molecule has 20 heavy (non-hydrogen) atoms. The first kappa shape index (κ1) is 12.5. The second-order valence-electron chi connectivity index (χ2n) is 4.56. The fourth-order valence-electron chi connectivity index (χ4n) is 1.96. The van der Waals surface area contributed by atoms with E-state index in [1.807, 2.05) is 0 Å². The quantitative estimate of drug-likeness (QED) is 0.748. The van der Waals surface area contributed by atoms with E-state index in [-0.39, 0.29) is 11.9 Å². The van der Waals surface area contributed by atoms with Crippen LogP contribution >= 0.6 is 0 Å². The van der Waals surface area contributed by atoms with Gasteiger partial charge in [0.05, 0.1) is 19.3 Å². The Labute approximate surface area is 114 Å². The lowest BCUT2D eigenvalue weighted by Gasteiger charge is -2.36. The zero-order chi connectivity index (χ0) is 14.1. The van der Waals surface area contributed by atoms with Crippen molar-refractivity contribution in [2.24, 2.45) is 7.05 Å². The number of rotatable bonds is 4. The third kappa shape index (κ3) is 2.20. The van der Waals surface area contributed by atoms with Crippen LogP contribution in [0.5, 0.6) is 5.75 Å². The number of amides is 1. The van der Waals surface area contributed by atoms with Crippen LogP contribution in [0.25, 0.3) is 11.5 Å². The summed E-state index contributed by atoms with van der Waals surface area (Å²) in [6.45, 7) is 0.926. The maximum atomic E-state index is 13.7. The van der Waals surface area contributed by atoms with Gasteiger partial charge in [-0.25, -0.2) is 9.37 Å². The summed E-state index contributed by atoms with van der Waals surface area (Å²) in [7, 11) is 1.77. The van der Waals surface area contributed by atoms with Crippen molar-refractivity contribution in [3.8, 4) is 17.3 Å². The lowest BCUT2D eigenvalue weighted by molar-refractivity contribution is -0.126. The molecule has 3 rings (SSSR count). The summed E-state index contributed by atoms with van der Waals surface area (Å²) in [6, 6.07) is 1.49. The Kier molecular flexibility index (Phi) is 3.05. The predicted octanol–water partition coefficient (Wildman–Crippen LogP) is 0.236. The zero-order valence-electron chi connectivity index (χ0n) is 10.7. The van der Waals surface area contributed by atoms with Crippen molar-refractivity contribution in [2.45, 2.75) is 6.10 Å². The second kappa shape index (κ2) is 4.87. The van der Waals surface area contributed by atoms with Crippen molar-refractivity contribution in [1.82, 2.24) is 24.6 Å². The molecule has 2 aromatic heterocycles. The summed E-state index contributed by atoms with van der Waals surface area (Å²) in [4.78, 5) is 16.0. The van der Waals surface area contributed by atoms with E-state index < -0.39 is 5.82 Å². The summed E-state index contributed by atoms with van der Waals surface area (Å²) in [5, 5.41) is 7.67. The smallest absolute Gasteiger partial charge is 0.209 e. The molecule has 0 unspecified atom stereocenters. The second-order valence-corrected chi connectivity index (χ2v) is 4.56. The Morgan fingerprint density at radius 3 is 2.95 bits per heavy atom. The largest absolute Gasteiger partial charge is 0.483 e. The van der Waals surface area contributed by atoms with Crippen LogP contribution in [0.3, 0.4) is 0 Å². The number of nitrogens with zero attached hydrogens (tertiary/aromatic N) is 5. The summed E-state index contributed by atoms with van der Waals surface area (Å²) >= 11 is 0. The van der Waals surface area contributed by atoms with E-state index in [1.54, 1.807) is 16.5 Å². The molecule has 1 saturated heterocycles. The molecule has 0 N–H and O–H groups in total. The van der Waals surface area contributed by atoms with Crippen LogP contribution in [0.4, 0.5) is 4.39 Å². The molecule has 0 aliphatic carbocycles. The number of hydrogen-bond acceptors (Lipinski definition) is 5. The van der Waals surface area contributed by atoms with Crippen LogP contribution < -0.4 is 4.74 Å². The lowest BCUT2D eigenvalue weighted by atomic mass is 10.2. The van der Waals surface area contributed by atoms with Crippen LogP contribution in [-0.2, 0) is 11.8 Å². The van der Waals surface area contributed by atoms with E-state index in [4.69, 9.17) is 4.74 Å². The Hall–Kier alpha value is -2.51. The van der Waals surface area contributed by atoms with Crippen molar-refractivity contribution in [3.63, 3.8) is 0 Å². The highest BCUT2D eigenvalue weighted by Gasteiger charge is 2.28. The third-order valence-corrected chi connectivity index (χ3v) is 3.08. The number of hydrogen-bond donors (Lipinski definition) is 0. The fourth-order valence-corrected chi connectivity index (χ4v) is 1.96. The van der Waals surface area contributed by atoms with Crippen molar-refractivity contribution >= 4 is 6.41 Å². The first-order chi connectivity index (χ1) is 9.67. The molecule has 2 aromatic rings. The molecule has 0 aromatic carbocycles. The molecule has 0 radical (unpaired) electrons. The standard InChI is InChI=1S/C12H12FN5O2/c1-17-6-15-16-12(17)10-2-11(9(13)3-14-10)20-8-4-18(5-8)7-19/h2-3,6-8H,4-5H2,1H3. The molecule has 1 aliphatic rings. The normalized spacial score (nSPS) is 15.0. The van der Waals surface area contributed by atoms with Gasteiger partial charge in [0.1, 0.15) is 18.1 Å². The highest BCUT2D eigenvalue weighted by Crippen LogP contribution is 2.25. The Morgan fingerprint density at radius 2 is 2.30 bits per heavy atom. The first-order valence-corrected chi connectivity index (χ1v) is 6.03. The van der Waals surface area contributed by atoms with Crippen molar-refractivity contribution < 1.29 is 13.9 Å². The van der Waals surface area contributed by atoms with E-state index in [0.29, 0.717) is 24.6 Å². The van der Waals surface area contributed by atoms with Gasteiger partial charge in [0.2, 0.25) is 6.41 Å². The molecule has 1 amide bonds. The monoisotopic (exact) mass is 277 g/mol. The van der Waals surface area contributed by atoms with Crippen LogP contribution in [0.2, 0.25) is 0 Å². The first-order valence-electron chi connectivity index (χ1n) is 6.03. The summed E-state index contributed by atoms with van der Waals surface area (Å²) in [5.41, 5.74) is 0.480. The van der Waals surface area contributed by atoms with Crippen LogP contribution in [-0.4, -0.2) is 50.3 Å². The van der Waals surface area contributed by atoms with E-state index in [9.17, 15) is 9.18 Å². The van der Waals surface area contributed by atoms with Gasteiger partial charge in [-0.2, -0.15) is 0 Å². The van der Waals surface area contributed by atoms with Gasteiger partial charge in [0, 0.05) is 13.1 Å². The molecule has 104 valence electrons. The van der Waals surface area contributed by atoms with Crippen molar-refractivity contribution in [3.05, 3.63) is 24.4 Å². The van der Waals surface area contributed by atoms with E-state index in [1.165, 1.54) is 12.4 Å². The third-order valence-electron chi connectivity index (χ3n) is 3.08. The fraction of sp³-hybridized carbons (Fsp3) is 0.333. The summed E-state index contributed by atoms with van der Waals surface area (Å²) < 4.78 is 20.9. The number of aromatic nitrogens is 4. The van der Waals surface area contributed by atoms with Gasteiger partial charge in [-0.05, 0) is 0 Å². The Bertz CT molecular complexity index is 639. The van der Waals surface area contributed by atoms with Gasteiger partial charge < -0.3 is 14.2 Å². The van der Waals surface area contributed by atoms with E-state index >= 15 is 0 Å². The summed E-state index contributed by atoms with van der Waals surface area (Å²) in [6.07, 6.45) is 3.18. The molecule has 1 aliphatic heterocycles. The minimum atomic E-state index is -0.541. The van der Waals surface area contributed by atoms with Crippen LogP contribution in [0.15, 0.2) is 18.6 Å². The van der Waals surface area contributed by atoms with E-state index in [2.05, 4.69) is 15.2 Å². The maximum absolute atomic E-state index is 13.7. The van der Waals surface area contributed by atoms with E-state index in [0.717, 1.165) is 12.6 Å². The molecule has 8 heteroatoms. The average molecular weight is 277 g/mol. The van der Waals surface area contributed by atoms with Crippen LogP contribution in [0.1, 0.15) is 0 Å². The number of halogens is 1. The highest BCUT2D eigenvalue weighted by molar-refractivity contribution is 5.52. The SMILES string of the molecule is Cn1cnnc1-c1cc(OC2CN(C=O)C2)c(F)cn1. The van der Waals surface area contributed by atoms with Gasteiger partial charge in [0.25, 0.3) is 0 Å². The average Bonchev–Trinajstić information content (AvgIpc) is 2.81. The minimum absolute atomic E-state index is 0.105. The van der Waals surface area contributed by atoms with Gasteiger partial charge in [0.15, 0.2) is 17.4 Å². The van der Waals surface area contributed by atoms with Crippen molar-refractivity contribution in [1.29, 1.82) is 0 Å². The Balaban J connectivity index is 1.81. The lowest BCUT2D eigenvalue weighted by Crippen LogP contribution is -2.52.